The zero-order valence-electron chi connectivity index (χ0n) is 36.9. The third-order valence-corrected chi connectivity index (χ3v) is 12.9. The van der Waals surface area contributed by atoms with E-state index in [2.05, 4.69) is 59.2 Å². The zero-order chi connectivity index (χ0) is 47.5. The molecule has 0 saturated carbocycles. The largest absolute Gasteiger partial charge is 0.417 e. The summed E-state index contributed by atoms with van der Waals surface area (Å²) in [6.45, 7) is 0. The average molecular weight is 910 g/mol. The Morgan fingerprint density at radius 3 is 1.36 bits per heavy atom. The van der Waals surface area contributed by atoms with Crippen LogP contribution in [0, 0.1) is 22.7 Å². The lowest BCUT2D eigenvalue weighted by atomic mass is 9.94. The normalized spacial score (nSPS) is 11.6. The minimum atomic E-state index is -4.78. The predicted octanol–water partition coefficient (Wildman–Crippen LogP) is 15.2. The molecular formula is C60H34F3N7. The highest BCUT2D eigenvalue weighted by Gasteiger charge is 2.35. The monoisotopic (exact) mass is 909 g/mol. The van der Waals surface area contributed by atoms with Gasteiger partial charge in [-0.25, -0.2) is 15.0 Å². The van der Waals surface area contributed by atoms with Gasteiger partial charge >= 0.3 is 6.18 Å². The van der Waals surface area contributed by atoms with Gasteiger partial charge in [-0.3, -0.25) is 0 Å². The molecule has 0 spiro atoms. The number of para-hydroxylation sites is 3. The average Bonchev–Trinajstić information content (AvgIpc) is 3.93. The molecule has 0 aliphatic carbocycles. The van der Waals surface area contributed by atoms with E-state index in [0.717, 1.165) is 83.2 Å². The maximum absolute atomic E-state index is 14.9. The Bertz CT molecular complexity index is 4030. The zero-order valence-corrected chi connectivity index (χ0v) is 36.9. The quantitative estimate of drug-likeness (QED) is 0.159. The van der Waals surface area contributed by atoms with Gasteiger partial charge in [0, 0.05) is 49.4 Å². The summed E-state index contributed by atoms with van der Waals surface area (Å²) in [6, 6.07) is 69.0. The van der Waals surface area contributed by atoms with E-state index in [9.17, 15) is 23.7 Å². The van der Waals surface area contributed by atoms with Gasteiger partial charge in [0.15, 0.2) is 17.5 Å². The van der Waals surface area contributed by atoms with Gasteiger partial charge in [-0.15, -0.1) is 0 Å². The van der Waals surface area contributed by atoms with E-state index in [1.165, 1.54) is 18.2 Å². The molecule has 0 atom stereocenters. The minimum Gasteiger partial charge on any atom is -0.309 e. The van der Waals surface area contributed by atoms with Gasteiger partial charge in [-0.2, -0.15) is 23.7 Å². The van der Waals surface area contributed by atoms with Crippen LogP contribution in [0.4, 0.5) is 13.2 Å². The fourth-order valence-corrected chi connectivity index (χ4v) is 9.72. The fourth-order valence-electron chi connectivity index (χ4n) is 9.72. The number of aromatic nitrogens is 5. The number of nitriles is 2. The van der Waals surface area contributed by atoms with E-state index in [1.54, 1.807) is 12.1 Å². The SMILES string of the molecule is N#Cc1ccc(-n2c3ccccc3c3cc(-c4cc(-c5nc(-c6ccccc6)nc(-c6ccccc6)n5)ccc4-n4c5ccccc5c5ccccc54)ccc32)c(-c2ccc(C#N)cc2C(F)(F)F)c1. The van der Waals surface area contributed by atoms with Crippen LogP contribution in [0.1, 0.15) is 16.7 Å². The van der Waals surface area contributed by atoms with Crippen molar-refractivity contribution in [3.63, 3.8) is 0 Å². The molecule has 9 aromatic carbocycles. The van der Waals surface area contributed by atoms with Gasteiger partial charge in [-0.1, -0.05) is 127 Å². The first-order valence-corrected chi connectivity index (χ1v) is 22.5. The topological polar surface area (TPSA) is 96.1 Å². The number of nitrogens with zero attached hydrogens (tertiary/aromatic N) is 7. The summed E-state index contributed by atoms with van der Waals surface area (Å²) in [5.41, 5.74) is 8.33. The van der Waals surface area contributed by atoms with Crippen molar-refractivity contribution in [1.82, 2.24) is 24.1 Å². The molecule has 12 aromatic rings. The second-order valence-electron chi connectivity index (χ2n) is 16.9. The predicted molar refractivity (Wildman–Crippen MR) is 270 cm³/mol. The Morgan fingerprint density at radius 1 is 0.357 bits per heavy atom. The number of hydrogen-bond donors (Lipinski definition) is 0. The van der Waals surface area contributed by atoms with Crippen LogP contribution in [0.25, 0.3) is 111 Å². The second kappa shape index (κ2) is 16.6. The maximum atomic E-state index is 14.9. The number of alkyl halides is 3. The molecule has 3 heterocycles. The van der Waals surface area contributed by atoms with Gasteiger partial charge in [0.25, 0.3) is 0 Å². The van der Waals surface area contributed by atoms with E-state index < -0.39 is 11.7 Å². The standard InChI is InChI=1S/C60H34F3N7/c61-60(62,63)50-32-38(36-65)23-27-43(50)48-31-37(35-64)24-28-55(48)70-53-22-12-9-19-46(53)49-33-41(25-29-56(49)70)47-34-42(26-30-54(47)69-51-20-10-7-17-44(51)45-18-8-11-21-52(45)69)59-67-57(39-13-3-1-4-14-39)66-58(68-59)40-15-5-2-6-16-40/h1-34H. The second-order valence-corrected chi connectivity index (χ2v) is 16.9. The van der Waals surface area contributed by atoms with Gasteiger partial charge in [0.05, 0.1) is 62.3 Å². The summed E-state index contributed by atoms with van der Waals surface area (Å²) in [5, 5.41) is 23.6. The van der Waals surface area contributed by atoms with Crippen LogP contribution >= 0.6 is 0 Å². The van der Waals surface area contributed by atoms with E-state index in [0.29, 0.717) is 23.2 Å². The molecule has 70 heavy (non-hydrogen) atoms. The molecule has 0 radical (unpaired) electrons. The summed E-state index contributed by atoms with van der Waals surface area (Å²) in [5.74, 6) is 1.57. The molecule has 0 fully saturated rings. The number of benzene rings is 9. The summed E-state index contributed by atoms with van der Waals surface area (Å²) in [6.07, 6.45) is -4.78. The van der Waals surface area contributed by atoms with Crippen molar-refractivity contribution in [3.8, 4) is 79.9 Å². The summed E-state index contributed by atoms with van der Waals surface area (Å²) < 4.78 is 48.8. The van der Waals surface area contributed by atoms with Crippen LogP contribution in [-0.4, -0.2) is 24.1 Å². The third-order valence-electron chi connectivity index (χ3n) is 12.9. The smallest absolute Gasteiger partial charge is 0.309 e. The van der Waals surface area contributed by atoms with Crippen LogP contribution < -0.4 is 0 Å². The molecule has 0 aliphatic heterocycles. The summed E-state index contributed by atoms with van der Waals surface area (Å²) in [7, 11) is 0. The first-order valence-electron chi connectivity index (χ1n) is 22.5. The summed E-state index contributed by atoms with van der Waals surface area (Å²) in [4.78, 5) is 15.1. The van der Waals surface area contributed by atoms with Crippen LogP contribution in [0.3, 0.4) is 0 Å². The van der Waals surface area contributed by atoms with Crippen LogP contribution in [0.2, 0.25) is 0 Å². The van der Waals surface area contributed by atoms with E-state index in [-0.39, 0.29) is 22.3 Å². The number of fused-ring (bicyclic) bond motifs is 6. The molecule has 0 N–H and O–H groups in total. The van der Waals surface area contributed by atoms with Crippen LogP contribution in [0.15, 0.2) is 206 Å². The molecule has 7 nitrogen and oxygen atoms in total. The highest BCUT2D eigenvalue weighted by atomic mass is 19.4. The Hall–Kier alpha value is -9.64. The van der Waals surface area contributed by atoms with Gasteiger partial charge in [0.1, 0.15) is 0 Å². The van der Waals surface area contributed by atoms with Gasteiger partial charge in [-0.05, 0) is 90.0 Å². The van der Waals surface area contributed by atoms with E-state index in [4.69, 9.17) is 15.0 Å². The minimum absolute atomic E-state index is 0.119. The molecule has 12 rings (SSSR count). The highest BCUT2D eigenvalue weighted by molar-refractivity contribution is 6.12. The van der Waals surface area contributed by atoms with Crippen LogP contribution in [-0.2, 0) is 6.18 Å². The Kier molecular flexibility index (Phi) is 9.90. The molecule has 0 unspecified atom stereocenters. The number of halogens is 3. The number of hydrogen-bond acceptors (Lipinski definition) is 5. The molecular weight excluding hydrogens is 876 g/mol. The molecule has 0 saturated heterocycles. The Labute approximate surface area is 398 Å². The molecule has 0 bridgehead atoms. The lowest BCUT2D eigenvalue weighted by Crippen LogP contribution is -2.09. The third kappa shape index (κ3) is 7.02. The molecule has 10 heteroatoms. The first-order chi connectivity index (χ1) is 34.2. The fraction of sp³-hybridized carbons (Fsp3) is 0.0167. The molecule has 3 aromatic heterocycles. The van der Waals surface area contributed by atoms with Gasteiger partial charge in [0.2, 0.25) is 0 Å². The van der Waals surface area contributed by atoms with Crippen molar-refractivity contribution in [1.29, 1.82) is 10.5 Å². The lowest BCUT2D eigenvalue weighted by molar-refractivity contribution is -0.137. The molecule has 330 valence electrons. The van der Waals surface area contributed by atoms with Gasteiger partial charge < -0.3 is 9.13 Å². The van der Waals surface area contributed by atoms with Crippen molar-refractivity contribution >= 4 is 43.6 Å². The molecule has 0 amide bonds. The van der Waals surface area contributed by atoms with Crippen molar-refractivity contribution in [2.75, 3.05) is 0 Å². The van der Waals surface area contributed by atoms with Crippen molar-refractivity contribution in [2.45, 2.75) is 6.18 Å². The summed E-state index contributed by atoms with van der Waals surface area (Å²) >= 11 is 0. The molecule has 0 aliphatic rings. The Morgan fingerprint density at radius 2 is 0.800 bits per heavy atom. The number of rotatable bonds is 7. The van der Waals surface area contributed by atoms with Crippen molar-refractivity contribution in [2.24, 2.45) is 0 Å². The lowest BCUT2D eigenvalue weighted by Gasteiger charge is -2.19. The Balaban J connectivity index is 1.12. The van der Waals surface area contributed by atoms with E-state index in [1.807, 2.05) is 132 Å². The van der Waals surface area contributed by atoms with Crippen LogP contribution in [0.5, 0.6) is 0 Å². The van der Waals surface area contributed by atoms with E-state index >= 15 is 0 Å². The first kappa shape index (κ1) is 41.8. The highest BCUT2D eigenvalue weighted by Crippen LogP contribution is 2.44. The maximum Gasteiger partial charge on any atom is 0.417 e. The van der Waals surface area contributed by atoms with Crippen molar-refractivity contribution < 1.29 is 13.2 Å². The van der Waals surface area contributed by atoms with Crippen molar-refractivity contribution in [3.05, 3.63) is 223 Å².